The number of fused-ring (bicyclic) bond motifs is 3. The molecule has 3 rings (SSSR count). The van der Waals surface area contributed by atoms with Gasteiger partial charge in [0.05, 0.1) is 0 Å². The summed E-state index contributed by atoms with van der Waals surface area (Å²) in [5.74, 6) is -0.596. The fourth-order valence-corrected chi connectivity index (χ4v) is 4.73. The van der Waals surface area contributed by atoms with Crippen LogP contribution in [0.25, 0.3) is 0 Å². The number of hydrogen-bond acceptors (Lipinski definition) is 3. The summed E-state index contributed by atoms with van der Waals surface area (Å²) in [6.45, 7) is 6.54. The summed E-state index contributed by atoms with van der Waals surface area (Å²) >= 11 is 0. The molecule has 3 nitrogen and oxygen atoms in total. The van der Waals surface area contributed by atoms with Crippen molar-refractivity contribution in [3.8, 4) is 0 Å². The molecule has 102 valence electrons. The summed E-state index contributed by atoms with van der Waals surface area (Å²) in [5, 5.41) is 20.7. The van der Waals surface area contributed by atoms with Crippen molar-refractivity contribution < 1.29 is 14.9 Å². The van der Waals surface area contributed by atoms with Crippen molar-refractivity contribution in [2.45, 2.75) is 58.5 Å². The molecule has 3 heteroatoms. The minimum atomic E-state index is -1.13. The van der Waals surface area contributed by atoms with Crippen molar-refractivity contribution in [1.82, 2.24) is 0 Å². The molecule has 18 heavy (non-hydrogen) atoms. The molecule has 2 fully saturated rings. The van der Waals surface area contributed by atoms with Gasteiger partial charge in [0.25, 0.3) is 0 Å². The van der Waals surface area contributed by atoms with Crippen LogP contribution in [-0.4, -0.2) is 22.3 Å². The molecule has 1 aliphatic heterocycles. The molecular formula is C15H24O3. The largest absolute Gasteiger partial charge is 0.368 e. The summed E-state index contributed by atoms with van der Waals surface area (Å²) < 4.78 is 5.51. The van der Waals surface area contributed by atoms with E-state index in [4.69, 9.17) is 4.74 Å². The maximum atomic E-state index is 10.8. The monoisotopic (exact) mass is 252 g/mol. The van der Waals surface area contributed by atoms with Gasteiger partial charge in [0, 0.05) is 18.3 Å². The fourth-order valence-electron chi connectivity index (χ4n) is 4.73. The first-order chi connectivity index (χ1) is 8.39. The topological polar surface area (TPSA) is 49.7 Å². The molecular weight excluding hydrogens is 228 g/mol. The summed E-state index contributed by atoms with van der Waals surface area (Å²) in [5.41, 5.74) is 1.45. The number of ether oxygens (including phenoxy) is 1. The normalized spacial score (nSPS) is 55.7. The average Bonchev–Trinajstić information content (AvgIpc) is 2.53. The Balaban J connectivity index is 2.09. The SMILES string of the molecule is C[C@@H]1C(O)O[C@@]2(O)CCC3=CCC[C@H](C)[C@@]3(C)[C@@H]12. The number of hydrogen-bond donors (Lipinski definition) is 2. The van der Waals surface area contributed by atoms with Crippen LogP contribution >= 0.6 is 0 Å². The van der Waals surface area contributed by atoms with Crippen LogP contribution in [0.15, 0.2) is 11.6 Å². The molecule has 6 atom stereocenters. The Morgan fingerprint density at radius 3 is 2.83 bits per heavy atom. The molecule has 1 unspecified atom stereocenters. The second-order valence-electron chi connectivity index (χ2n) is 6.68. The van der Waals surface area contributed by atoms with Crippen molar-refractivity contribution in [3.63, 3.8) is 0 Å². The zero-order valence-electron chi connectivity index (χ0n) is 11.5. The highest BCUT2D eigenvalue weighted by Gasteiger charge is 2.63. The lowest BCUT2D eigenvalue weighted by molar-refractivity contribution is -0.269. The molecule has 0 bridgehead atoms. The van der Waals surface area contributed by atoms with Crippen molar-refractivity contribution in [2.24, 2.45) is 23.2 Å². The van der Waals surface area contributed by atoms with Crippen molar-refractivity contribution >= 4 is 0 Å². The van der Waals surface area contributed by atoms with E-state index in [2.05, 4.69) is 19.9 Å². The van der Waals surface area contributed by atoms with E-state index in [9.17, 15) is 10.2 Å². The molecule has 2 aliphatic carbocycles. The highest BCUT2D eigenvalue weighted by Crippen LogP contribution is 2.62. The van der Waals surface area contributed by atoms with Crippen LogP contribution < -0.4 is 0 Å². The van der Waals surface area contributed by atoms with E-state index in [-0.39, 0.29) is 17.3 Å². The van der Waals surface area contributed by atoms with Gasteiger partial charge in [-0.2, -0.15) is 0 Å². The zero-order chi connectivity index (χ0) is 13.1. The highest BCUT2D eigenvalue weighted by atomic mass is 16.7. The van der Waals surface area contributed by atoms with E-state index in [1.165, 1.54) is 5.57 Å². The molecule has 3 aliphatic rings. The van der Waals surface area contributed by atoms with Crippen LogP contribution in [0.1, 0.15) is 46.5 Å². The smallest absolute Gasteiger partial charge is 0.173 e. The Morgan fingerprint density at radius 2 is 2.11 bits per heavy atom. The Kier molecular flexibility index (Phi) is 2.68. The highest BCUT2D eigenvalue weighted by molar-refractivity contribution is 5.26. The van der Waals surface area contributed by atoms with Crippen molar-refractivity contribution in [1.29, 1.82) is 0 Å². The molecule has 1 saturated carbocycles. The molecule has 0 aromatic heterocycles. The quantitative estimate of drug-likeness (QED) is 0.651. The lowest BCUT2D eigenvalue weighted by Crippen LogP contribution is -2.53. The zero-order valence-corrected chi connectivity index (χ0v) is 11.5. The third kappa shape index (κ3) is 1.41. The molecule has 0 amide bonds. The van der Waals surface area contributed by atoms with Gasteiger partial charge in [-0.15, -0.1) is 0 Å². The van der Waals surface area contributed by atoms with Gasteiger partial charge in [-0.3, -0.25) is 0 Å². The van der Waals surface area contributed by atoms with Gasteiger partial charge < -0.3 is 14.9 Å². The molecule has 0 aromatic rings. The minimum absolute atomic E-state index is 0.00954. The third-order valence-electron chi connectivity index (χ3n) is 5.89. The van der Waals surface area contributed by atoms with Gasteiger partial charge in [-0.25, -0.2) is 0 Å². The molecule has 0 aromatic carbocycles. The first kappa shape index (κ1) is 12.6. The van der Waals surface area contributed by atoms with Crippen LogP contribution in [0.5, 0.6) is 0 Å². The van der Waals surface area contributed by atoms with E-state index in [0.29, 0.717) is 12.3 Å². The average molecular weight is 252 g/mol. The predicted molar refractivity (Wildman–Crippen MR) is 68.5 cm³/mol. The summed E-state index contributed by atoms with van der Waals surface area (Å²) in [4.78, 5) is 0. The first-order valence-electron chi connectivity index (χ1n) is 7.17. The van der Waals surface area contributed by atoms with Gasteiger partial charge >= 0.3 is 0 Å². The van der Waals surface area contributed by atoms with E-state index in [0.717, 1.165) is 19.3 Å². The van der Waals surface area contributed by atoms with Crippen LogP contribution in [-0.2, 0) is 4.74 Å². The van der Waals surface area contributed by atoms with Crippen LogP contribution in [0, 0.1) is 23.2 Å². The Morgan fingerprint density at radius 1 is 1.39 bits per heavy atom. The van der Waals surface area contributed by atoms with Gasteiger partial charge in [-0.1, -0.05) is 32.4 Å². The lowest BCUT2D eigenvalue weighted by Gasteiger charge is -2.54. The molecule has 1 saturated heterocycles. The van der Waals surface area contributed by atoms with Crippen molar-refractivity contribution in [3.05, 3.63) is 11.6 Å². The molecule has 2 N–H and O–H groups in total. The summed E-state index contributed by atoms with van der Waals surface area (Å²) in [6, 6.07) is 0. The number of aliphatic hydroxyl groups excluding tert-OH is 1. The van der Waals surface area contributed by atoms with Crippen molar-refractivity contribution in [2.75, 3.05) is 0 Å². The van der Waals surface area contributed by atoms with E-state index >= 15 is 0 Å². The maximum Gasteiger partial charge on any atom is 0.173 e. The Hall–Kier alpha value is -0.380. The number of allylic oxidation sites excluding steroid dienone is 2. The van der Waals surface area contributed by atoms with Crippen LogP contribution in [0.4, 0.5) is 0 Å². The van der Waals surface area contributed by atoms with Gasteiger partial charge in [-0.05, 0) is 30.6 Å². The van der Waals surface area contributed by atoms with E-state index in [1.54, 1.807) is 0 Å². The minimum Gasteiger partial charge on any atom is -0.368 e. The molecule has 0 spiro atoms. The third-order valence-corrected chi connectivity index (χ3v) is 5.89. The molecule has 0 radical (unpaired) electrons. The van der Waals surface area contributed by atoms with Crippen LogP contribution in [0.3, 0.4) is 0 Å². The van der Waals surface area contributed by atoms with E-state index < -0.39 is 12.1 Å². The second-order valence-corrected chi connectivity index (χ2v) is 6.68. The first-order valence-corrected chi connectivity index (χ1v) is 7.17. The maximum absolute atomic E-state index is 10.8. The van der Waals surface area contributed by atoms with Gasteiger partial charge in [0.2, 0.25) is 0 Å². The summed E-state index contributed by atoms with van der Waals surface area (Å²) in [6.07, 6.45) is 5.35. The predicted octanol–water partition coefficient (Wildman–Crippen LogP) is 2.43. The Bertz CT molecular complexity index is 391. The summed E-state index contributed by atoms with van der Waals surface area (Å²) in [7, 11) is 0. The number of aliphatic hydroxyl groups is 2. The fraction of sp³-hybridized carbons (Fsp3) is 0.867. The lowest BCUT2D eigenvalue weighted by atomic mass is 9.52. The van der Waals surface area contributed by atoms with E-state index in [1.807, 2.05) is 6.92 Å². The molecule has 1 heterocycles. The van der Waals surface area contributed by atoms with Gasteiger partial charge in [0.1, 0.15) is 0 Å². The standard InChI is InChI=1S/C15H24O3/c1-9-5-4-6-11-7-8-15(17)12(14(9,11)3)10(2)13(16)18-15/h6,9-10,12-13,16-17H,4-5,7-8H2,1-3H3/t9-,10-,12+,13?,14+,15-/m0/s1. The second kappa shape index (κ2) is 3.81. The van der Waals surface area contributed by atoms with Gasteiger partial charge in [0.15, 0.2) is 12.1 Å². The van der Waals surface area contributed by atoms with Crippen LogP contribution in [0.2, 0.25) is 0 Å². The Labute approximate surface area is 109 Å². The number of rotatable bonds is 0.